The summed E-state index contributed by atoms with van der Waals surface area (Å²) in [6, 6.07) is 6.92. The second-order valence-corrected chi connectivity index (χ2v) is 8.40. The first-order valence-electron chi connectivity index (χ1n) is 11.0. The Hall–Kier alpha value is -2.90. The van der Waals surface area contributed by atoms with Crippen LogP contribution >= 0.6 is 0 Å². The van der Waals surface area contributed by atoms with Gasteiger partial charge in [0.2, 0.25) is 17.7 Å². The molecule has 8 nitrogen and oxygen atoms in total. The van der Waals surface area contributed by atoms with Crippen molar-refractivity contribution in [3.05, 3.63) is 24.3 Å². The zero-order valence-corrected chi connectivity index (χ0v) is 18.9. The fourth-order valence-corrected chi connectivity index (χ4v) is 3.83. The topological polar surface area (TPSA) is 98.8 Å². The molecule has 5 amide bonds. The predicted molar refractivity (Wildman–Crippen MR) is 121 cm³/mol. The van der Waals surface area contributed by atoms with Crippen molar-refractivity contribution in [2.24, 2.45) is 0 Å². The van der Waals surface area contributed by atoms with Crippen LogP contribution in [0.1, 0.15) is 66.2 Å². The maximum absolute atomic E-state index is 12.4. The maximum Gasteiger partial charge on any atom is 0.328 e. The summed E-state index contributed by atoms with van der Waals surface area (Å²) in [5, 5.41) is 5.14. The third-order valence-corrected chi connectivity index (χ3v) is 5.19. The van der Waals surface area contributed by atoms with Crippen molar-refractivity contribution < 1.29 is 19.2 Å². The Kier molecular flexibility index (Phi) is 9.03. The number of rotatable bonds is 10. The first kappa shape index (κ1) is 24.4. The van der Waals surface area contributed by atoms with E-state index in [9.17, 15) is 19.2 Å². The lowest BCUT2D eigenvalue weighted by atomic mass is 10.1. The lowest BCUT2D eigenvalue weighted by molar-refractivity contribution is -0.134. The highest BCUT2D eigenvalue weighted by atomic mass is 16.2. The summed E-state index contributed by atoms with van der Waals surface area (Å²) in [6.45, 7) is 8.40. The lowest BCUT2D eigenvalue weighted by Gasteiger charge is -2.30. The molecule has 2 N–H and O–H groups in total. The number of amides is 5. The van der Waals surface area contributed by atoms with Gasteiger partial charge in [0.1, 0.15) is 0 Å². The van der Waals surface area contributed by atoms with Crippen LogP contribution in [0.3, 0.4) is 0 Å². The summed E-state index contributed by atoms with van der Waals surface area (Å²) < 4.78 is 0. The molecule has 0 atom stereocenters. The summed E-state index contributed by atoms with van der Waals surface area (Å²) in [7, 11) is 0. The van der Waals surface area contributed by atoms with Crippen LogP contribution in [0, 0.1) is 0 Å². The third-order valence-electron chi connectivity index (χ3n) is 5.19. The van der Waals surface area contributed by atoms with Crippen molar-refractivity contribution >= 4 is 35.1 Å². The van der Waals surface area contributed by atoms with Gasteiger partial charge in [-0.3, -0.25) is 24.6 Å². The Morgan fingerprint density at radius 2 is 1.74 bits per heavy atom. The van der Waals surface area contributed by atoms with E-state index < -0.39 is 6.03 Å². The molecule has 1 aliphatic rings. The van der Waals surface area contributed by atoms with Crippen LogP contribution in [0.2, 0.25) is 0 Å². The molecule has 0 aromatic heterocycles. The Morgan fingerprint density at radius 3 is 2.39 bits per heavy atom. The Balaban J connectivity index is 1.75. The molecule has 0 spiro atoms. The first-order chi connectivity index (χ1) is 14.7. The predicted octanol–water partition coefficient (Wildman–Crippen LogP) is 3.67. The third kappa shape index (κ3) is 7.38. The van der Waals surface area contributed by atoms with Crippen LogP contribution in [0.5, 0.6) is 0 Å². The van der Waals surface area contributed by atoms with Crippen molar-refractivity contribution in [3.63, 3.8) is 0 Å². The normalized spacial score (nSPS) is 14.1. The maximum atomic E-state index is 12.4. The number of hydrogen-bond donors (Lipinski definition) is 2. The lowest BCUT2D eigenvalue weighted by Crippen LogP contribution is -2.49. The second kappa shape index (κ2) is 11.5. The average molecular weight is 431 g/mol. The van der Waals surface area contributed by atoms with Gasteiger partial charge >= 0.3 is 6.03 Å². The molecule has 2 rings (SSSR count). The first-order valence-corrected chi connectivity index (χ1v) is 11.0. The molecule has 1 fully saturated rings. The molecule has 8 heteroatoms. The minimum absolute atomic E-state index is 0.104. The fraction of sp³-hybridized carbons (Fsp3) is 0.565. The molecular formula is C23H34N4O4. The largest absolute Gasteiger partial charge is 0.338 e. The molecule has 1 heterocycles. The summed E-state index contributed by atoms with van der Waals surface area (Å²) in [4.78, 5) is 51.3. The van der Waals surface area contributed by atoms with Crippen LogP contribution in [-0.4, -0.2) is 47.3 Å². The highest BCUT2D eigenvalue weighted by Gasteiger charge is 2.24. The van der Waals surface area contributed by atoms with Gasteiger partial charge in [0.05, 0.1) is 0 Å². The summed E-state index contributed by atoms with van der Waals surface area (Å²) >= 11 is 0. The van der Waals surface area contributed by atoms with Gasteiger partial charge in [-0.05, 0) is 58.7 Å². The molecule has 0 bridgehead atoms. The number of unbranched alkanes of at least 4 members (excludes halogenated alkanes) is 2. The molecule has 0 radical (unpaired) electrons. The van der Waals surface area contributed by atoms with Crippen molar-refractivity contribution in [3.8, 4) is 0 Å². The zero-order chi connectivity index (χ0) is 23.0. The molecule has 31 heavy (non-hydrogen) atoms. The number of urea groups is 1. The molecule has 1 aromatic carbocycles. The van der Waals surface area contributed by atoms with Crippen LogP contribution in [0.25, 0.3) is 0 Å². The van der Waals surface area contributed by atoms with E-state index in [1.54, 1.807) is 24.3 Å². The van der Waals surface area contributed by atoms with E-state index in [1.165, 1.54) is 4.90 Å². The monoisotopic (exact) mass is 430 g/mol. The molecule has 0 unspecified atom stereocenters. The summed E-state index contributed by atoms with van der Waals surface area (Å²) in [5.41, 5.74) is 1.23. The molecule has 1 aromatic rings. The summed E-state index contributed by atoms with van der Waals surface area (Å²) in [5.74, 6) is -0.226. The van der Waals surface area contributed by atoms with E-state index in [4.69, 9.17) is 0 Å². The van der Waals surface area contributed by atoms with Crippen molar-refractivity contribution in [2.45, 2.75) is 78.3 Å². The Labute approximate surface area is 184 Å². The highest BCUT2D eigenvalue weighted by molar-refractivity contribution is 6.06. The van der Waals surface area contributed by atoms with Gasteiger partial charge in [0.15, 0.2) is 0 Å². The van der Waals surface area contributed by atoms with E-state index in [2.05, 4.69) is 10.6 Å². The summed E-state index contributed by atoms with van der Waals surface area (Å²) in [6.07, 6.45) is 3.40. The minimum Gasteiger partial charge on any atom is -0.338 e. The van der Waals surface area contributed by atoms with Crippen molar-refractivity contribution in [1.29, 1.82) is 0 Å². The zero-order valence-electron chi connectivity index (χ0n) is 18.9. The van der Waals surface area contributed by atoms with Crippen LogP contribution in [0.15, 0.2) is 24.3 Å². The van der Waals surface area contributed by atoms with E-state index in [0.29, 0.717) is 37.2 Å². The number of carbonyl (C=O) groups is 4. The van der Waals surface area contributed by atoms with Gasteiger partial charge in [0, 0.05) is 49.3 Å². The minimum atomic E-state index is -0.456. The number of hydrogen-bond acceptors (Lipinski definition) is 4. The van der Waals surface area contributed by atoms with Crippen molar-refractivity contribution in [1.82, 2.24) is 10.2 Å². The van der Waals surface area contributed by atoms with Gasteiger partial charge in [-0.25, -0.2) is 4.79 Å². The molecular weight excluding hydrogens is 396 g/mol. The van der Waals surface area contributed by atoms with Gasteiger partial charge in [-0.2, -0.15) is 0 Å². The number of nitrogens with zero attached hydrogens (tertiary/aromatic N) is 2. The Bertz CT molecular complexity index is 799. The fourth-order valence-electron chi connectivity index (χ4n) is 3.83. The number of benzene rings is 1. The molecule has 1 aliphatic heterocycles. The second-order valence-electron chi connectivity index (χ2n) is 8.40. The standard InChI is InChI=1S/C23H34N4O4/c1-16(2)27(17(3)4)22(30)12-7-5-6-11-20(28)24-18-9-8-10-19(15-18)26-14-13-21(29)25-23(26)31/h8-10,15-17H,5-7,11-14H2,1-4H3,(H,24,28)(H,25,29,31). The van der Waals surface area contributed by atoms with E-state index in [0.717, 1.165) is 12.8 Å². The molecule has 170 valence electrons. The SMILES string of the molecule is CC(C)N(C(=O)CCCCCC(=O)Nc1cccc(N2CCC(=O)NC2=O)c1)C(C)C. The number of anilines is 2. The van der Waals surface area contributed by atoms with Crippen LogP contribution < -0.4 is 15.5 Å². The van der Waals surface area contributed by atoms with Crippen molar-refractivity contribution in [2.75, 3.05) is 16.8 Å². The molecule has 0 aliphatic carbocycles. The van der Waals surface area contributed by atoms with E-state index >= 15 is 0 Å². The van der Waals surface area contributed by atoms with E-state index in [1.807, 2.05) is 32.6 Å². The van der Waals surface area contributed by atoms with Gasteiger partial charge in [-0.15, -0.1) is 0 Å². The number of carbonyl (C=O) groups excluding carboxylic acids is 4. The number of imide groups is 1. The van der Waals surface area contributed by atoms with E-state index in [-0.39, 0.29) is 36.2 Å². The smallest absolute Gasteiger partial charge is 0.328 e. The quantitative estimate of drug-likeness (QED) is 0.553. The molecule has 1 saturated heterocycles. The van der Waals surface area contributed by atoms with Crippen LogP contribution in [-0.2, 0) is 14.4 Å². The Morgan fingerprint density at radius 1 is 1.06 bits per heavy atom. The average Bonchev–Trinajstić information content (AvgIpc) is 2.67. The van der Waals surface area contributed by atoms with Gasteiger partial charge < -0.3 is 10.2 Å². The van der Waals surface area contributed by atoms with Gasteiger partial charge in [0.25, 0.3) is 0 Å². The number of nitrogens with one attached hydrogen (secondary N) is 2. The van der Waals surface area contributed by atoms with Gasteiger partial charge in [-0.1, -0.05) is 12.5 Å². The highest BCUT2D eigenvalue weighted by Crippen LogP contribution is 2.22. The van der Waals surface area contributed by atoms with Crippen LogP contribution in [0.4, 0.5) is 16.2 Å². The molecule has 0 saturated carbocycles.